The fraction of sp³-hybridized carbons (Fsp3) is 0.533. The van der Waals surface area contributed by atoms with E-state index in [1.807, 2.05) is 0 Å². The maximum atomic E-state index is 13.8. The van der Waals surface area contributed by atoms with Crippen LogP contribution < -0.4 is 16.0 Å². The van der Waals surface area contributed by atoms with Gasteiger partial charge in [-0.1, -0.05) is 15.4 Å². The molecule has 20 nitrogen and oxygen atoms in total. The Morgan fingerprint density at radius 2 is 1.71 bits per heavy atom. The third kappa shape index (κ3) is 9.96. The molecule has 0 spiro atoms. The van der Waals surface area contributed by atoms with Crippen molar-refractivity contribution in [3.63, 3.8) is 0 Å². The maximum absolute atomic E-state index is 13.8. The van der Waals surface area contributed by atoms with Gasteiger partial charge in [0.1, 0.15) is 40.6 Å². The first-order valence-electron chi connectivity index (χ1n) is 15.4. The van der Waals surface area contributed by atoms with Gasteiger partial charge < -0.3 is 33.9 Å². The van der Waals surface area contributed by atoms with Crippen molar-refractivity contribution in [1.29, 1.82) is 0 Å². The maximum Gasteiger partial charge on any atom is 0.413 e. The molecular weight excluding hydrogens is 729 g/mol. The van der Waals surface area contributed by atoms with Gasteiger partial charge in [0, 0.05) is 23.6 Å². The highest BCUT2D eigenvalue weighted by atomic mass is 32.2. The lowest BCUT2D eigenvalue weighted by atomic mass is 10.0. The van der Waals surface area contributed by atoms with Crippen LogP contribution in [0.3, 0.4) is 0 Å². The van der Waals surface area contributed by atoms with Gasteiger partial charge in [-0.15, -0.1) is 23.1 Å². The summed E-state index contributed by atoms with van der Waals surface area (Å²) < 4.78 is 20.5. The summed E-state index contributed by atoms with van der Waals surface area (Å²) in [7, 11) is 0. The Kier molecular flexibility index (Phi) is 11.5. The van der Waals surface area contributed by atoms with Gasteiger partial charge >= 0.3 is 30.1 Å². The number of carbonyl (C=O) groups is 6. The predicted octanol–water partition coefficient (Wildman–Crippen LogP) is 2.28. The minimum absolute atomic E-state index is 0.0422. The summed E-state index contributed by atoms with van der Waals surface area (Å²) >= 11 is 2.11. The number of rotatable bonds is 11. The lowest BCUT2D eigenvalue weighted by molar-refractivity contribution is -0.179. The summed E-state index contributed by atoms with van der Waals surface area (Å²) in [6, 6.07) is -1.67. The molecule has 1 saturated heterocycles. The Morgan fingerprint density at radius 3 is 2.31 bits per heavy atom. The minimum atomic E-state index is -1.69. The molecule has 0 aromatic carbocycles. The number of esters is 2. The van der Waals surface area contributed by atoms with E-state index in [9.17, 15) is 33.9 Å². The van der Waals surface area contributed by atoms with E-state index in [0.717, 1.165) is 16.2 Å². The SMILES string of the molecule is CC(=O)OCC1=C(C(=O)Nc2nnc(O)o2)N2C(=O)[C@@H](NC(=O)/C(=N\OC(C)(C)C(=O)OC(C)(C)C)c3csc(NC(=O)OC(C)(C)C)n3)[C@H]2SC1. The van der Waals surface area contributed by atoms with Crippen molar-refractivity contribution in [3.05, 3.63) is 22.3 Å². The molecule has 0 radical (unpaired) electrons. The van der Waals surface area contributed by atoms with E-state index in [4.69, 9.17) is 23.5 Å². The van der Waals surface area contributed by atoms with Crippen molar-refractivity contribution >= 4 is 75.7 Å². The number of thiazole rings is 1. The molecule has 0 saturated carbocycles. The molecule has 282 valence electrons. The van der Waals surface area contributed by atoms with Crippen molar-refractivity contribution in [1.82, 2.24) is 25.4 Å². The van der Waals surface area contributed by atoms with Gasteiger partial charge in [0.05, 0.1) is 0 Å². The van der Waals surface area contributed by atoms with Crippen LogP contribution in [0.5, 0.6) is 6.08 Å². The van der Waals surface area contributed by atoms with Crippen LogP contribution in [-0.2, 0) is 43.0 Å². The zero-order valence-electron chi connectivity index (χ0n) is 29.6. The van der Waals surface area contributed by atoms with Gasteiger partial charge in [0.2, 0.25) is 5.60 Å². The quantitative estimate of drug-likeness (QED) is 0.0840. The Hall–Kier alpha value is -5.25. The number of anilines is 2. The van der Waals surface area contributed by atoms with Crippen LogP contribution in [-0.4, -0.2) is 107 Å². The monoisotopic (exact) mass is 766 g/mol. The standard InChI is InChI=1S/C30H38N8O12S2/c1-13(39)46-10-14-11-51-22-17(21(42)38(22)18(14)20(41)33-24-35-36-27(45)47-24)32-19(40)16(37-50-30(8,9)23(43)48-28(2,3)4)15-12-52-25(31-15)34-26(44)49-29(5,6)7/h12,17,22H,10-11H2,1-9H3,(H,32,40)(H,36,45)(H,31,34,44)(H,33,35,41)/b37-16-/t17-,22-/m1/s1. The lowest BCUT2D eigenvalue weighted by Gasteiger charge is -2.49. The Labute approximate surface area is 305 Å². The molecule has 1 fully saturated rings. The molecule has 2 aliphatic rings. The van der Waals surface area contributed by atoms with E-state index in [1.165, 1.54) is 37.9 Å². The van der Waals surface area contributed by atoms with E-state index in [2.05, 4.69) is 36.3 Å². The number of oxime groups is 1. The molecule has 22 heteroatoms. The van der Waals surface area contributed by atoms with Gasteiger partial charge in [-0.3, -0.25) is 34.7 Å². The number of hydrogen-bond donors (Lipinski definition) is 4. The van der Waals surface area contributed by atoms with Crippen molar-refractivity contribution in [2.24, 2.45) is 5.16 Å². The third-order valence-electron chi connectivity index (χ3n) is 6.46. The van der Waals surface area contributed by atoms with Crippen molar-refractivity contribution < 1.29 is 57.3 Å². The fourth-order valence-electron chi connectivity index (χ4n) is 4.26. The van der Waals surface area contributed by atoms with Crippen LogP contribution in [0.15, 0.2) is 26.2 Å². The predicted molar refractivity (Wildman–Crippen MR) is 183 cm³/mol. The molecule has 4 amide bonds. The lowest BCUT2D eigenvalue weighted by Crippen LogP contribution is -2.71. The Bertz CT molecular complexity index is 1820. The fourth-order valence-corrected chi connectivity index (χ4v) is 6.27. The van der Waals surface area contributed by atoms with Crippen LogP contribution in [0, 0.1) is 0 Å². The van der Waals surface area contributed by atoms with E-state index in [-0.39, 0.29) is 34.5 Å². The number of hydrogen-bond acceptors (Lipinski definition) is 18. The van der Waals surface area contributed by atoms with Crippen molar-refractivity contribution in [2.75, 3.05) is 23.0 Å². The largest absolute Gasteiger partial charge is 0.465 e. The normalized spacial score (nSPS) is 17.8. The van der Waals surface area contributed by atoms with E-state index >= 15 is 0 Å². The second-order valence-electron chi connectivity index (χ2n) is 13.6. The average molecular weight is 767 g/mol. The van der Waals surface area contributed by atoms with Crippen LogP contribution in [0.2, 0.25) is 0 Å². The summed E-state index contributed by atoms with van der Waals surface area (Å²) in [5.74, 6) is -3.86. The molecule has 4 heterocycles. The molecule has 0 aliphatic carbocycles. The average Bonchev–Trinajstić information content (AvgIpc) is 3.64. The number of β-lactam (4-membered cyclic amide) rings is 1. The smallest absolute Gasteiger partial charge is 0.413 e. The van der Waals surface area contributed by atoms with Gasteiger partial charge in [0.15, 0.2) is 10.8 Å². The number of aromatic hydroxyl groups is 1. The number of fused-ring (bicyclic) bond motifs is 1. The Morgan fingerprint density at radius 1 is 1.04 bits per heavy atom. The van der Waals surface area contributed by atoms with Crippen LogP contribution in [0.4, 0.5) is 15.9 Å². The van der Waals surface area contributed by atoms with Gasteiger partial charge in [-0.2, -0.15) is 0 Å². The summed E-state index contributed by atoms with van der Waals surface area (Å²) in [6.07, 6.45) is -1.61. The number of thioether (sulfide) groups is 1. The number of nitrogens with zero attached hydrogens (tertiary/aromatic N) is 5. The molecule has 52 heavy (non-hydrogen) atoms. The number of aromatic nitrogens is 3. The highest BCUT2D eigenvalue weighted by Crippen LogP contribution is 2.41. The second-order valence-corrected chi connectivity index (χ2v) is 15.6. The van der Waals surface area contributed by atoms with Crippen LogP contribution >= 0.6 is 23.1 Å². The number of ether oxygens (including phenoxy) is 3. The van der Waals surface area contributed by atoms with Gasteiger partial charge in [0.25, 0.3) is 17.7 Å². The molecule has 2 aromatic rings. The topological polar surface area (TPSA) is 263 Å². The summed E-state index contributed by atoms with van der Waals surface area (Å²) in [5.41, 5.74) is -3.81. The molecule has 2 aromatic heterocycles. The first-order valence-corrected chi connectivity index (χ1v) is 17.4. The van der Waals surface area contributed by atoms with Gasteiger partial charge in [-0.05, 0) is 55.4 Å². The zero-order chi connectivity index (χ0) is 38.8. The van der Waals surface area contributed by atoms with Crippen LogP contribution in [0.25, 0.3) is 0 Å². The van der Waals surface area contributed by atoms with E-state index in [0.29, 0.717) is 0 Å². The summed E-state index contributed by atoms with van der Waals surface area (Å²) in [4.78, 5) is 88.4. The molecular formula is C30H38N8O12S2. The molecule has 2 atom stereocenters. The number of nitrogens with one attached hydrogen (secondary N) is 3. The molecule has 4 rings (SSSR count). The molecule has 0 unspecified atom stereocenters. The zero-order valence-corrected chi connectivity index (χ0v) is 31.3. The van der Waals surface area contributed by atoms with Gasteiger partial charge in [-0.25, -0.2) is 14.6 Å². The Balaban J connectivity index is 1.60. The van der Waals surface area contributed by atoms with Crippen molar-refractivity contribution in [3.8, 4) is 6.08 Å². The highest BCUT2D eigenvalue weighted by molar-refractivity contribution is 8.00. The van der Waals surface area contributed by atoms with E-state index < -0.39 is 81.8 Å². The first kappa shape index (κ1) is 39.5. The second kappa shape index (κ2) is 15.2. The number of amides is 4. The molecule has 2 aliphatic heterocycles. The minimum Gasteiger partial charge on any atom is -0.465 e. The van der Waals surface area contributed by atoms with Crippen LogP contribution in [0.1, 0.15) is 68.0 Å². The molecule has 0 bridgehead atoms. The third-order valence-corrected chi connectivity index (χ3v) is 8.56. The van der Waals surface area contributed by atoms with E-state index in [1.54, 1.807) is 41.5 Å². The number of carbonyl (C=O) groups excluding carboxylic acids is 6. The molecule has 4 N–H and O–H groups in total. The summed E-state index contributed by atoms with van der Waals surface area (Å²) in [6.45, 7) is 13.6. The summed E-state index contributed by atoms with van der Waals surface area (Å²) in [5, 5.41) is 28.0. The first-order chi connectivity index (χ1) is 24.0. The highest BCUT2D eigenvalue weighted by Gasteiger charge is 2.54. The van der Waals surface area contributed by atoms with Crippen molar-refractivity contribution in [2.45, 2.75) is 90.5 Å².